The van der Waals surface area contributed by atoms with E-state index in [0.717, 1.165) is 21.3 Å². The van der Waals surface area contributed by atoms with Crippen LogP contribution in [0.2, 0.25) is 0 Å². The molecule has 3 aromatic carbocycles. The molecule has 1 amide bonds. The third-order valence-corrected chi connectivity index (χ3v) is 4.90. The molecule has 0 radical (unpaired) electrons. The van der Waals surface area contributed by atoms with E-state index in [-0.39, 0.29) is 5.91 Å². The molecule has 0 aliphatic carbocycles. The summed E-state index contributed by atoms with van der Waals surface area (Å²) in [5, 5.41) is 4.03. The molecule has 1 N–H and O–H groups in total. The summed E-state index contributed by atoms with van der Waals surface area (Å²) in [6.07, 6.45) is 0.816. The first-order chi connectivity index (χ1) is 15.5. The van der Waals surface area contributed by atoms with E-state index in [1.807, 2.05) is 67.6 Å². The van der Waals surface area contributed by atoms with Gasteiger partial charge in [0.15, 0.2) is 6.10 Å². The summed E-state index contributed by atoms with van der Waals surface area (Å²) >= 11 is 3.42. The summed E-state index contributed by atoms with van der Waals surface area (Å²) in [5.74, 6) is 1.61. The van der Waals surface area contributed by atoms with Crippen molar-refractivity contribution in [3.8, 4) is 17.2 Å². The standard InChI is InChI=1S/C25H25BrN2O4/c1-3-30-24-14-9-21(26)15-20(24)16-27-28-25(29)18(2)32-23-12-10-22(11-13-23)31-17-19-7-5-4-6-8-19/h4-16,18H,3,17H2,1-2H3,(H,28,29)/t18-/m0/s1. The van der Waals surface area contributed by atoms with Crippen LogP contribution in [0.1, 0.15) is 25.0 Å². The van der Waals surface area contributed by atoms with Gasteiger partial charge in [-0.05, 0) is 61.9 Å². The predicted molar refractivity (Wildman–Crippen MR) is 128 cm³/mol. The van der Waals surface area contributed by atoms with Crippen molar-refractivity contribution < 1.29 is 19.0 Å². The fourth-order valence-corrected chi connectivity index (χ4v) is 3.16. The average molecular weight is 497 g/mol. The smallest absolute Gasteiger partial charge is 0.280 e. The average Bonchev–Trinajstić information content (AvgIpc) is 2.81. The van der Waals surface area contributed by atoms with Crippen molar-refractivity contribution in [2.45, 2.75) is 26.6 Å². The second-order valence-corrected chi connectivity index (χ2v) is 7.77. The van der Waals surface area contributed by atoms with Crippen molar-refractivity contribution in [3.05, 3.63) is 88.4 Å². The number of rotatable bonds is 10. The maximum absolute atomic E-state index is 12.3. The van der Waals surface area contributed by atoms with Crippen LogP contribution in [0.5, 0.6) is 17.2 Å². The maximum Gasteiger partial charge on any atom is 0.280 e. The Morgan fingerprint density at radius 3 is 2.47 bits per heavy atom. The maximum atomic E-state index is 12.3. The number of benzene rings is 3. The van der Waals surface area contributed by atoms with E-state index in [9.17, 15) is 4.79 Å². The Morgan fingerprint density at radius 2 is 1.75 bits per heavy atom. The lowest BCUT2D eigenvalue weighted by molar-refractivity contribution is -0.127. The van der Waals surface area contributed by atoms with Gasteiger partial charge in [-0.1, -0.05) is 46.3 Å². The molecule has 0 heterocycles. The third kappa shape index (κ3) is 7.13. The number of carbonyl (C=O) groups excluding carboxylic acids is 1. The van der Waals surface area contributed by atoms with E-state index in [1.54, 1.807) is 25.3 Å². The Bertz CT molecular complexity index is 1040. The molecular formula is C25H25BrN2O4. The zero-order valence-electron chi connectivity index (χ0n) is 18.0. The van der Waals surface area contributed by atoms with Gasteiger partial charge in [0.25, 0.3) is 5.91 Å². The molecule has 166 valence electrons. The van der Waals surface area contributed by atoms with Crippen molar-refractivity contribution in [1.29, 1.82) is 0 Å². The summed E-state index contributed by atoms with van der Waals surface area (Å²) in [4.78, 5) is 12.3. The number of halogens is 1. The molecule has 7 heteroatoms. The molecule has 1 atom stereocenters. The van der Waals surface area contributed by atoms with Gasteiger partial charge in [-0.25, -0.2) is 5.43 Å². The third-order valence-electron chi connectivity index (χ3n) is 4.40. The van der Waals surface area contributed by atoms with Crippen LogP contribution in [-0.2, 0) is 11.4 Å². The minimum atomic E-state index is -0.725. The van der Waals surface area contributed by atoms with Crippen molar-refractivity contribution in [2.75, 3.05) is 6.61 Å². The lowest BCUT2D eigenvalue weighted by Gasteiger charge is -2.13. The van der Waals surface area contributed by atoms with Gasteiger partial charge in [-0.15, -0.1) is 0 Å². The highest BCUT2D eigenvalue weighted by molar-refractivity contribution is 9.10. The molecule has 3 rings (SSSR count). The lowest BCUT2D eigenvalue weighted by Crippen LogP contribution is -2.33. The first kappa shape index (κ1) is 23.3. The molecule has 0 saturated heterocycles. The summed E-state index contributed by atoms with van der Waals surface area (Å²) in [6.45, 7) is 4.59. The zero-order chi connectivity index (χ0) is 22.8. The van der Waals surface area contributed by atoms with Crippen LogP contribution in [-0.4, -0.2) is 24.8 Å². The summed E-state index contributed by atoms with van der Waals surface area (Å²) < 4.78 is 17.9. The number of hydrogen-bond acceptors (Lipinski definition) is 5. The van der Waals surface area contributed by atoms with E-state index in [4.69, 9.17) is 14.2 Å². The van der Waals surface area contributed by atoms with Gasteiger partial charge < -0.3 is 14.2 Å². The second kappa shape index (κ2) is 11.9. The molecule has 0 unspecified atom stereocenters. The molecule has 0 saturated carbocycles. The van der Waals surface area contributed by atoms with E-state index in [0.29, 0.717) is 24.7 Å². The Morgan fingerprint density at radius 1 is 1.03 bits per heavy atom. The van der Waals surface area contributed by atoms with Crippen LogP contribution in [0, 0.1) is 0 Å². The fourth-order valence-electron chi connectivity index (χ4n) is 2.78. The number of amides is 1. The van der Waals surface area contributed by atoms with E-state index in [2.05, 4.69) is 26.5 Å². The van der Waals surface area contributed by atoms with Crippen LogP contribution in [0.3, 0.4) is 0 Å². The molecule has 0 aliphatic rings. The van der Waals surface area contributed by atoms with Crippen LogP contribution in [0.25, 0.3) is 0 Å². The summed E-state index contributed by atoms with van der Waals surface area (Å²) in [5.41, 5.74) is 4.34. The highest BCUT2D eigenvalue weighted by Gasteiger charge is 2.14. The van der Waals surface area contributed by atoms with E-state index < -0.39 is 6.10 Å². The van der Waals surface area contributed by atoms with Crippen LogP contribution in [0.4, 0.5) is 0 Å². The van der Waals surface area contributed by atoms with Crippen molar-refractivity contribution in [1.82, 2.24) is 5.43 Å². The number of nitrogens with zero attached hydrogens (tertiary/aromatic N) is 1. The minimum absolute atomic E-state index is 0.362. The van der Waals surface area contributed by atoms with Crippen LogP contribution >= 0.6 is 15.9 Å². The summed E-state index contributed by atoms with van der Waals surface area (Å²) in [7, 11) is 0. The monoisotopic (exact) mass is 496 g/mol. The Hall–Kier alpha value is -3.32. The number of ether oxygens (including phenoxy) is 3. The first-order valence-electron chi connectivity index (χ1n) is 10.2. The largest absolute Gasteiger partial charge is 0.493 e. The quantitative estimate of drug-likeness (QED) is 0.303. The molecule has 0 bridgehead atoms. The van der Waals surface area contributed by atoms with Crippen molar-refractivity contribution in [3.63, 3.8) is 0 Å². The molecule has 0 aliphatic heterocycles. The lowest BCUT2D eigenvalue weighted by atomic mass is 10.2. The van der Waals surface area contributed by atoms with Gasteiger partial charge in [-0.3, -0.25) is 4.79 Å². The SMILES string of the molecule is CCOc1ccc(Br)cc1C=NNC(=O)[C@H](C)Oc1ccc(OCc2ccccc2)cc1. The van der Waals surface area contributed by atoms with Crippen molar-refractivity contribution in [2.24, 2.45) is 5.10 Å². The second-order valence-electron chi connectivity index (χ2n) is 6.86. The van der Waals surface area contributed by atoms with Crippen molar-refractivity contribution >= 4 is 28.1 Å². The van der Waals surface area contributed by atoms with Gasteiger partial charge in [0.2, 0.25) is 0 Å². The topological polar surface area (TPSA) is 69.2 Å². The number of hydrazone groups is 1. The zero-order valence-corrected chi connectivity index (χ0v) is 19.5. The minimum Gasteiger partial charge on any atom is -0.493 e. The van der Waals surface area contributed by atoms with Crippen LogP contribution < -0.4 is 19.6 Å². The Balaban J connectivity index is 1.50. The highest BCUT2D eigenvalue weighted by atomic mass is 79.9. The Kier molecular flexibility index (Phi) is 8.69. The Labute approximate surface area is 196 Å². The summed E-state index contributed by atoms with van der Waals surface area (Å²) in [6, 6.07) is 22.7. The van der Waals surface area contributed by atoms with Gasteiger partial charge in [0.05, 0.1) is 12.8 Å². The molecule has 0 fully saturated rings. The van der Waals surface area contributed by atoms with Gasteiger partial charge in [-0.2, -0.15) is 5.10 Å². The number of hydrogen-bond donors (Lipinski definition) is 1. The predicted octanol–water partition coefficient (Wildman–Crippen LogP) is 5.34. The fraction of sp³-hybridized carbons (Fsp3) is 0.200. The number of nitrogens with one attached hydrogen (secondary N) is 1. The van der Waals surface area contributed by atoms with E-state index in [1.165, 1.54) is 0 Å². The van der Waals surface area contributed by atoms with E-state index >= 15 is 0 Å². The molecule has 0 aromatic heterocycles. The molecule has 3 aromatic rings. The molecular weight excluding hydrogens is 472 g/mol. The molecule has 0 spiro atoms. The van der Waals surface area contributed by atoms with Gasteiger partial charge in [0.1, 0.15) is 23.9 Å². The highest BCUT2D eigenvalue weighted by Crippen LogP contribution is 2.22. The molecule has 32 heavy (non-hydrogen) atoms. The molecule has 6 nitrogen and oxygen atoms in total. The normalized spacial score (nSPS) is 11.7. The van der Waals surface area contributed by atoms with Gasteiger partial charge >= 0.3 is 0 Å². The van der Waals surface area contributed by atoms with Crippen LogP contribution in [0.15, 0.2) is 82.4 Å². The van der Waals surface area contributed by atoms with Gasteiger partial charge in [0, 0.05) is 10.0 Å². The number of carbonyl (C=O) groups is 1. The first-order valence-corrected chi connectivity index (χ1v) is 11.0.